The van der Waals surface area contributed by atoms with Crippen LogP contribution in [0.5, 0.6) is 0 Å². The van der Waals surface area contributed by atoms with Gasteiger partial charge in [-0.3, -0.25) is 4.79 Å². The minimum absolute atomic E-state index is 0.0663. The zero-order valence-electron chi connectivity index (χ0n) is 15.3. The number of aromatic amines is 1. The third-order valence-electron chi connectivity index (χ3n) is 4.62. The van der Waals surface area contributed by atoms with Gasteiger partial charge in [0.2, 0.25) is 0 Å². The molecular formula is C21H17F3N4O. The van der Waals surface area contributed by atoms with E-state index in [0.717, 1.165) is 17.2 Å². The highest BCUT2D eigenvalue weighted by atomic mass is 19.4. The lowest BCUT2D eigenvalue weighted by Gasteiger charge is -2.11. The number of aromatic nitrogens is 3. The first-order chi connectivity index (χ1) is 14.0. The minimum Gasteiger partial charge on any atom is -0.369 e. The van der Waals surface area contributed by atoms with Crippen molar-refractivity contribution >= 4 is 33.9 Å². The number of anilines is 1. The maximum Gasteiger partial charge on any atom is 0.389 e. The van der Waals surface area contributed by atoms with Crippen LogP contribution in [-0.4, -0.2) is 34.0 Å². The van der Waals surface area contributed by atoms with Crippen LogP contribution in [0.2, 0.25) is 0 Å². The number of nitrogens with zero attached hydrogens (tertiary/aromatic N) is 2. The average molecular weight is 398 g/mol. The van der Waals surface area contributed by atoms with E-state index in [0.29, 0.717) is 33.8 Å². The molecule has 0 aliphatic carbocycles. The number of alkyl halides is 3. The molecule has 0 aliphatic heterocycles. The number of aldehydes is 1. The number of carbonyl (C=O) groups is 1. The van der Waals surface area contributed by atoms with E-state index in [1.54, 1.807) is 12.1 Å². The standard InChI is InChI=1S/C21H17F3N4O/c22-21(23,24)10-5-11-25-19-14-7-2-4-9-17(14)27-20(28-19)18-15(12-29)13-6-1-3-8-16(13)26-18/h1-4,6-9,12,26H,5,10-11H2,(H,25,27,28). The molecule has 5 nitrogen and oxygen atoms in total. The van der Waals surface area contributed by atoms with Gasteiger partial charge >= 0.3 is 6.18 Å². The molecule has 0 amide bonds. The third kappa shape index (κ3) is 3.91. The number of benzene rings is 2. The summed E-state index contributed by atoms with van der Waals surface area (Å²) in [6.07, 6.45) is -4.37. The molecule has 0 unspecified atom stereocenters. The number of rotatable bonds is 6. The quantitative estimate of drug-likeness (QED) is 0.340. The van der Waals surface area contributed by atoms with Crippen LogP contribution in [0.25, 0.3) is 33.3 Å². The molecule has 4 aromatic rings. The van der Waals surface area contributed by atoms with Gasteiger partial charge in [-0.05, 0) is 24.6 Å². The van der Waals surface area contributed by atoms with Crippen molar-refractivity contribution in [3.05, 3.63) is 54.1 Å². The fourth-order valence-electron chi connectivity index (χ4n) is 3.28. The Morgan fingerprint density at radius 3 is 2.48 bits per heavy atom. The molecule has 2 heterocycles. The summed E-state index contributed by atoms with van der Waals surface area (Å²) < 4.78 is 37.2. The molecule has 0 fully saturated rings. The van der Waals surface area contributed by atoms with E-state index in [4.69, 9.17) is 0 Å². The smallest absolute Gasteiger partial charge is 0.369 e. The first-order valence-corrected chi connectivity index (χ1v) is 9.10. The lowest BCUT2D eigenvalue weighted by atomic mass is 10.1. The lowest BCUT2D eigenvalue weighted by Crippen LogP contribution is -2.12. The van der Waals surface area contributed by atoms with Crippen LogP contribution in [0.4, 0.5) is 19.0 Å². The molecule has 0 aliphatic rings. The third-order valence-corrected chi connectivity index (χ3v) is 4.62. The van der Waals surface area contributed by atoms with Crippen LogP contribution in [0.3, 0.4) is 0 Å². The van der Waals surface area contributed by atoms with Crippen LogP contribution in [0.1, 0.15) is 23.2 Å². The number of carbonyl (C=O) groups excluding carboxylic acids is 1. The largest absolute Gasteiger partial charge is 0.389 e. The van der Waals surface area contributed by atoms with Crippen molar-refractivity contribution in [2.24, 2.45) is 0 Å². The summed E-state index contributed by atoms with van der Waals surface area (Å²) >= 11 is 0. The predicted molar refractivity (Wildman–Crippen MR) is 106 cm³/mol. The van der Waals surface area contributed by atoms with E-state index >= 15 is 0 Å². The zero-order valence-corrected chi connectivity index (χ0v) is 15.3. The van der Waals surface area contributed by atoms with Gasteiger partial charge in [-0.15, -0.1) is 0 Å². The van der Waals surface area contributed by atoms with Crippen molar-refractivity contribution in [2.45, 2.75) is 19.0 Å². The van der Waals surface area contributed by atoms with Gasteiger partial charge in [-0.25, -0.2) is 9.97 Å². The van der Waals surface area contributed by atoms with Gasteiger partial charge in [-0.1, -0.05) is 30.3 Å². The fourth-order valence-corrected chi connectivity index (χ4v) is 3.28. The van der Waals surface area contributed by atoms with Crippen molar-refractivity contribution in [2.75, 3.05) is 11.9 Å². The number of nitrogens with one attached hydrogen (secondary N) is 2. The number of para-hydroxylation sites is 2. The number of hydrogen-bond acceptors (Lipinski definition) is 4. The summed E-state index contributed by atoms with van der Waals surface area (Å²) in [5, 5.41) is 4.45. The van der Waals surface area contributed by atoms with Crippen molar-refractivity contribution in [1.82, 2.24) is 15.0 Å². The molecule has 148 valence electrons. The van der Waals surface area contributed by atoms with Gasteiger partial charge in [0.1, 0.15) is 5.82 Å². The molecule has 0 spiro atoms. The Kier molecular flexibility index (Phi) is 4.92. The second-order valence-corrected chi connectivity index (χ2v) is 6.64. The van der Waals surface area contributed by atoms with Crippen LogP contribution in [-0.2, 0) is 0 Å². The molecule has 2 N–H and O–H groups in total. The van der Waals surface area contributed by atoms with Gasteiger partial charge < -0.3 is 10.3 Å². The van der Waals surface area contributed by atoms with Gasteiger partial charge in [0, 0.05) is 29.3 Å². The van der Waals surface area contributed by atoms with Gasteiger partial charge in [-0.2, -0.15) is 13.2 Å². The van der Waals surface area contributed by atoms with Crippen LogP contribution in [0.15, 0.2) is 48.5 Å². The summed E-state index contributed by atoms with van der Waals surface area (Å²) in [6, 6.07) is 14.6. The molecule has 0 saturated carbocycles. The van der Waals surface area contributed by atoms with E-state index in [2.05, 4.69) is 20.3 Å². The average Bonchev–Trinajstić information content (AvgIpc) is 3.09. The highest BCUT2D eigenvalue weighted by molar-refractivity contribution is 6.04. The zero-order chi connectivity index (χ0) is 20.4. The van der Waals surface area contributed by atoms with Crippen molar-refractivity contribution in [3.63, 3.8) is 0 Å². The number of fused-ring (bicyclic) bond motifs is 2. The predicted octanol–water partition coefficient (Wildman–Crippen LogP) is 5.35. The lowest BCUT2D eigenvalue weighted by molar-refractivity contribution is -0.134. The second kappa shape index (κ2) is 7.54. The van der Waals surface area contributed by atoms with Crippen molar-refractivity contribution in [1.29, 1.82) is 0 Å². The van der Waals surface area contributed by atoms with E-state index in [1.807, 2.05) is 36.4 Å². The van der Waals surface area contributed by atoms with Gasteiger partial charge in [0.25, 0.3) is 0 Å². The first kappa shape index (κ1) is 18.9. The second-order valence-electron chi connectivity index (χ2n) is 6.64. The van der Waals surface area contributed by atoms with E-state index in [-0.39, 0.29) is 13.0 Å². The van der Waals surface area contributed by atoms with Gasteiger partial charge in [0.05, 0.1) is 16.8 Å². The molecule has 29 heavy (non-hydrogen) atoms. The Morgan fingerprint density at radius 1 is 1.00 bits per heavy atom. The summed E-state index contributed by atoms with van der Waals surface area (Å²) in [5.41, 5.74) is 2.33. The Morgan fingerprint density at radius 2 is 1.72 bits per heavy atom. The Hall–Kier alpha value is -3.42. The molecular weight excluding hydrogens is 381 g/mol. The minimum atomic E-state index is -4.19. The Labute approximate surface area is 164 Å². The van der Waals surface area contributed by atoms with Crippen LogP contribution >= 0.6 is 0 Å². The number of H-pyrrole nitrogens is 1. The monoisotopic (exact) mass is 398 g/mol. The number of halogens is 3. The van der Waals surface area contributed by atoms with Crippen LogP contribution in [0, 0.1) is 0 Å². The molecule has 4 rings (SSSR count). The number of hydrogen-bond donors (Lipinski definition) is 2. The fraction of sp³-hybridized carbons (Fsp3) is 0.190. The normalized spacial score (nSPS) is 11.8. The Bertz CT molecular complexity index is 1180. The molecule has 2 aromatic carbocycles. The van der Waals surface area contributed by atoms with Gasteiger partial charge in [0.15, 0.2) is 12.1 Å². The highest BCUT2D eigenvalue weighted by Gasteiger charge is 2.26. The first-order valence-electron chi connectivity index (χ1n) is 9.10. The van der Waals surface area contributed by atoms with E-state index < -0.39 is 12.6 Å². The summed E-state index contributed by atoms with van der Waals surface area (Å²) in [7, 11) is 0. The molecule has 0 saturated heterocycles. The maximum absolute atomic E-state index is 12.4. The molecule has 8 heteroatoms. The molecule has 0 bridgehead atoms. The van der Waals surface area contributed by atoms with Crippen molar-refractivity contribution < 1.29 is 18.0 Å². The topological polar surface area (TPSA) is 70.7 Å². The van der Waals surface area contributed by atoms with E-state index in [9.17, 15) is 18.0 Å². The van der Waals surface area contributed by atoms with Crippen molar-refractivity contribution in [3.8, 4) is 11.5 Å². The SMILES string of the molecule is O=Cc1c(-c2nc(NCCCC(F)(F)F)c3ccccc3n2)[nH]c2ccccc12. The Balaban J connectivity index is 1.75. The van der Waals surface area contributed by atoms with E-state index in [1.165, 1.54) is 0 Å². The highest BCUT2D eigenvalue weighted by Crippen LogP contribution is 2.30. The summed E-state index contributed by atoms with van der Waals surface area (Å²) in [6.45, 7) is 0.118. The maximum atomic E-state index is 12.4. The molecule has 0 radical (unpaired) electrons. The molecule has 2 aromatic heterocycles. The molecule has 0 atom stereocenters. The summed E-state index contributed by atoms with van der Waals surface area (Å²) in [4.78, 5) is 24.0. The summed E-state index contributed by atoms with van der Waals surface area (Å²) in [5.74, 6) is 0.739. The van der Waals surface area contributed by atoms with Crippen LogP contribution < -0.4 is 5.32 Å².